The quantitative estimate of drug-likeness (QED) is 0.422. The Bertz CT molecular complexity index is 250. The molecule has 0 amide bonds. The molecule has 0 fully saturated rings. The Morgan fingerprint density at radius 2 is 1.21 bits per heavy atom. The molecule has 0 aliphatic carbocycles. The van der Waals surface area contributed by atoms with E-state index in [1.165, 1.54) is 0 Å². The van der Waals surface area contributed by atoms with Gasteiger partial charge in [-0.1, -0.05) is 39.0 Å². The van der Waals surface area contributed by atoms with Crippen molar-refractivity contribution in [3.8, 4) is 0 Å². The average Bonchev–Trinajstić information content (AvgIpc) is 2.26. The van der Waals surface area contributed by atoms with E-state index in [1.54, 1.807) is 0 Å². The number of hydrogen-bond acceptors (Lipinski definition) is 1. The number of rotatable bonds is 9. The molecule has 0 radical (unpaired) electrons. The summed E-state index contributed by atoms with van der Waals surface area (Å²) in [5.41, 5.74) is 0. The van der Waals surface area contributed by atoms with Crippen molar-refractivity contribution in [2.45, 2.75) is 63.7 Å². The Balaban J connectivity index is 4.04. The van der Waals surface area contributed by atoms with E-state index in [4.69, 9.17) is 0 Å². The second kappa shape index (κ2) is 7.31. The number of halogens is 7. The minimum Gasteiger partial charge on any atom is -0.315 e. The number of unbranched alkanes of at least 4 members (excludes halogenated alkanes) is 5. The van der Waals surface area contributed by atoms with E-state index in [1.807, 2.05) is 6.92 Å². The maximum atomic E-state index is 12.6. The van der Waals surface area contributed by atoms with Crippen LogP contribution >= 0.6 is 0 Å². The fourth-order valence-electron chi connectivity index (χ4n) is 1.34. The fraction of sp³-hybridized carbons (Fsp3) is 1.00. The molecular weight excluding hydrogens is 281 g/mol. The molecule has 0 aromatic rings. The van der Waals surface area contributed by atoms with Gasteiger partial charge in [0.15, 0.2) is 0 Å². The molecule has 19 heavy (non-hydrogen) atoms. The van der Waals surface area contributed by atoms with Crippen LogP contribution in [0.15, 0.2) is 0 Å². The maximum absolute atomic E-state index is 12.6. The van der Waals surface area contributed by atoms with Gasteiger partial charge in [-0.25, -0.2) is 0 Å². The second-order valence-electron chi connectivity index (χ2n) is 4.21. The molecule has 1 nitrogen and oxygen atoms in total. The van der Waals surface area contributed by atoms with Gasteiger partial charge in [0, 0.05) is 0 Å². The minimum atomic E-state index is -6.34. The highest BCUT2D eigenvalue weighted by molar-refractivity contribution is 4.84. The molecule has 0 rings (SSSR count). The molecule has 0 N–H and O–H groups in total. The molecule has 0 bridgehead atoms. The Kier molecular flexibility index (Phi) is 7.10. The zero-order chi connectivity index (χ0) is 15.2. The lowest BCUT2D eigenvalue weighted by Crippen LogP contribution is -2.53. The summed E-state index contributed by atoms with van der Waals surface area (Å²) in [6.07, 6.45) is -7.88. The van der Waals surface area contributed by atoms with Gasteiger partial charge in [-0.2, -0.15) is 30.7 Å². The van der Waals surface area contributed by atoms with Gasteiger partial charge in [0.1, 0.15) is 0 Å². The predicted octanol–water partition coefficient (Wildman–Crippen LogP) is 5.15. The van der Waals surface area contributed by atoms with Crippen LogP contribution in [0.4, 0.5) is 30.7 Å². The number of hydrogen-bond donors (Lipinski definition) is 0. The lowest BCUT2D eigenvalue weighted by molar-refractivity contribution is -0.423. The summed E-state index contributed by atoms with van der Waals surface area (Å²) in [5.74, 6) is -6.18. The largest absolute Gasteiger partial charge is 0.462 e. The van der Waals surface area contributed by atoms with Crippen molar-refractivity contribution in [1.82, 2.24) is 0 Å². The molecular formula is C11H17F7O. The summed E-state index contributed by atoms with van der Waals surface area (Å²) in [7, 11) is 0. The summed E-state index contributed by atoms with van der Waals surface area (Å²) in [5, 5.41) is 0. The summed E-state index contributed by atoms with van der Waals surface area (Å²) in [6.45, 7) is 1.15. The Hall–Kier alpha value is -0.530. The summed E-state index contributed by atoms with van der Waals surface area (Å²) >= 11 is 0. The topological polar surface area (TPSA) is 9.23 Å². The molecule has 8 heteroatoms. The lowest BCUT2D eigenvalue weighted by atomic mass is 10.1. The van der Waals surface area contributed by atoms with E-state index >= 15 is 0 Å². The molecule has 0 aromatic heterocycles. The maximum Gasteiger partial charge on any atom is 0.462 e. The van der Waals surface area contributed by atoms with Crippen molar-refractivity contribution < 1.29 is 35.5 Å². The van der Waals surface area contributed by atoms with E-state index in [9.17, 15) is 30.7 Å². The highest BCUT2D eigenvalue weighted by atomic mass is 19.4. The average molecular weight is 298 g/mol. The van der Waals surface area contributed by atoms with Crippen LogP contribution in [0, 0.1) is 0 Å². The smallest absolute Gasteiger partial charge is 0.315 e. The highest BCUT2D eigenvalue weighted by Crippen LogP contribution is 2.46. The van der Waals surface area contributed by atoms with Gasteiger partial charge in [-0.15, -0.1) is 0 Å². The van der Waals surface area contributed by atoms with Crippen LogP contribution < -0.4 is 0 Å². The summed E-state index contributed by atoms with van der Waals surface area (Å²) in [4.78, 5) is 0. The third kappa shape index (κ3) is 5.54. The van der Waals surface area contributed by atoms with Crippen LogP contribution in [0.3, 0.4) is 0 Å². The van der Waals surface area contributed by atoms with Gasteiger partial charge in [0.05, 0.1) is 6.61 Å². The fourth-order valence-corrected chi connectivity index (χ4v) is 1.34. The van der Waals surface area contributed by atoms with E-state index in [0.29, 0.717) is 12.8 Å². The van der Waals surface area contributed by atoms with Crippen molar-refractivity contribution in [1.29, 1.82) is 0 Å². The molecule has 116 valence electrons. The zero-order valence-electron chi connectivity index (χ0n) is 10.5. The van der Waals surface area contributed by atoms with Crippen LogP contribution in [-0.2, 0) is 4.74 Å². The van der Waals surface area contributed by atoms with Crippen molar-refractivity contribution >= 4 is 0 Å². The standard InChI is InChI=1S/C11H17F7O/c1-2-3-4-5-6-7-8-19-11(17,18)9(12,13)10(14,15)16/h2-8H2,1H3. The monoisotopic (exact) mass is 298 g/mol. The van der Waals surface area contributed by atoms with Gasteiger partial charge in [0.25, 0.3) is 0 Å². The van der Waals surface area contributed by atoms with Crippen LogP contribution in [-0.4, -0.2) is 24.8 Å². The minimum absolute atomic E-state index is 0.0211. The first-order valence-electron chi connectivity index (χ1n) is 6.02. The third-order valence-electron chi connectivity index (χ3n) is 2.50. The Morgan fingerprint density at radius 3 is 1.68 bits per heavy atom. The summed E-state index contributed by atoms with van der Waals surface area (Å²) < 4.78 is 88.7. The molecule has 0 spiro atoms. The van der Waals surface area contributed by atoms with Gasteiger partial charge in [0.2, 0.25) is 0 Å². The third-order valence-corrected chi connectivity index (χ3v) is 2.50. The summed E-state index contributed by atoms with van der Waals surface area (Å²) in [6, 6.07) is 0. The zero-order valence-corrected chi connectivity index (χ0v) is 10.5. The highest BCUT2D eigenvalue weighted by Gasteiger charge is 2.74. The first-order valence-corrected chi connectivity index (χ1v) is 6.02. The van der Waals surface area contributed by atoms with Crippen LogP contribution in [0.2, 0.25) is 0 Å². The van der Waals surface area contributed by atoms with Crippen LogP contribution in [0.25, 0.3) is 0 Å². The molecule has 0 aromatic carbocycles. The number of alkyl halides is 7. The van der Waals surface area contributed by atoms with Crippen molar-refractivity contribution in [2.24, 2.45) is 0 Å². The molecule has 0 saturated carbocycles. The molecule has 0 saturated heterocycles. The van der Waals surface area contributed by atoms with Gasteiger partial charge in [-0.05, 0) is 6.42 Å². The van der Waals surface area contributed by atoms with E-state index in [2.05, 4.69) is 4.74 Å². The molecule has 0 heterocycles. The predicted molar refractivity (Wildman–Crippen MR) is 55.3 cm³/mol. The first kappa shape index (κ1) is 18.5. The lowest BCUT2D eigenvalue weighted by Gasteiger charge is -2.27. The SMILES string of the molecule is CCCCCCCCOC(F)(F)C(F)(F)C(F)(F)F. The molecule has 0 unspecified atom stereocenters. The molecule has 0 aliphatic heterocycles. The molecule has 0 atom stereocenters. The Labute approximate surface area is 107 Å². The second-order valence-corrected chi connectivity index (χ2v) is 4.21. The van der Waals surface area contributed by atoms with Crippen LogP contribution in [0.1, 0.15) is 45.4 Å². The van der Waals surface area contributed by atoms with Crippen molar-refractivity contribution in [3.05, 3.63) is 0 Å². The van der Waals surface area contributed by atoms with Crippen molar-refractivity contribution in [2.75, 3.05) is 6.61 Å². The van der Waals surface area contributed by atoms with E-state index in [0.717, 1.165) is 19.3 Å². The van der Waals surface area contributed by atoms with Crippen molar-refractivity contribution in [3.63, 3.8) is 0 Å². The van der Waals surface area contributed by atoms with Gasteiger partial charge in [-0.3, -0.25) is 0 Å². The van der Waals surface area contributed by atoms with Gasteiger partial charge >= 0.3 is 18.2 Å². The first-order chi connectivity index (χ1) is 8.56. The van der Waals surface area contributed by atoms with E-state index < -0.39 is 24.8 Å². The van der Waals surface area contributed by atoms with E-state index in [-0.39, 0.29) is 6.42 Å². The number of ether oxygens (including phenoxy) is 1. The molecule has 0 aliphatic rings. The van der Waals surface area contributed by atoms with Gasteiger partial charge < -0.3 is 4.74 Å². The van der Waals surface area contributed by atoms with Crippen LogP contribution in [0.5, 0.6) is 0 Å². The Morgan fingerprint density at radius 1 is 0.737 bits per heavy atom. The normalized spacial score (nSPS) is 13.9.